The van der Waals surface area contributed by atoms with Crippen molar-refractivity contribution in [2.24, 2.45) is 0 Å². The van der Waals surface area contributed by atoms with Crippen LogP contribution in [-0.2, 0) is 18.1 Å². The van der Waals surface area contributed by atoms with Crippen molar-refractivity contribution >= 4 is 7.82 Å². The smallest absolute Gasteiger partial charge is 0.396 e. The lowest BCUT2D eigenvalue weighted by Crippen LogP contribution is -2.05. The minimum Gasteiger partial charge on any atom is -0.396 e. The maximum absolute atomic E-state index is 11.9. The topological polar surface area (TPSA) is 44.8 Å². The van der Waals surface area contributed by atoms with Gasteiger partial charge in [0.15, 0.2) is 0 Å². The first kappa shape index (κ1) is 10.1. The van der Waals surface area contributed by atoms with E-state index in [9.17, 15) is 4.57 Å². The SMILES string of the molecule is CC1=C(C)OP(=O)(OC2CCCC2)O1. The first-order valence-electron chi connectivity index (χ1n) is 4.94. The predicted octanol–water partition coefficient (Wildman–Crippen LogP) is 3.35. The van der Waals surface area contributed by atoms with E-state index in [4.69, 9.17) is 13.6 Å². The molecule has 0 aromatic carbocycles. The van der Waals surface area contributed by atoms with Crippen LogP contribution in [0.1, 0.15) is 39.5 Å². The number of hydrogen-bond donors (Lipinski definition) is 0. The highest BCUT2D eigenvalue weighted by atomic mass is 31.2. The molecule has 0 N–H and O–H groups in total. The molecular formula is C9H15O4P. The van der Waals surface area contributed by atoms with E-state index >= 15 is 0 Å². The Kier molecular flexibility index (Phi) is 2.58. The van der Waals surface area contributed by atoms with Crippen LogP contribution in [0.15, 0.2) is 11.5 Å². The number of phosphoric ester groups is 1. The Labute approximate surface area is 83.8 Å². The zero-order valence-corrected chi connectivity index (χ0v) is 9.38. The highest BCUT2D eigenvalue weighted by Gasteiger charge is 2.40. The van der Waals surface area contributed by atoms with Crippen LogP contribution in [0.4, 0.5) is 0 Å². The first-order valence-corrected chi connectivity index (χ1v) is 6.40. The van der Waals surface area contributed by atoms with E-state index in [1.165, 1.54) is 0 Å². The molecule has 0 atom stereocenters. The van der Waals surface area contributed by atoms with E-state index < -0.39 is 7.82 Å². The second-order valence-corrected chi connectivity index (χ2v) is 5.22. The Hall–Kier alpha value is -0.470. The summed E-state index contributed by atoms with van der Waals surface area (Å²) >= 11 is 0. The fourth-order valence-corrected chi connectivity index (χ4v) is 3.33. The molecule has 0 aromatic rings. The van der Waals surface area contributed by atoms with Crippen LogP contribution < -0.4 is 0 Å². The normalized spacial score (nSPS) is 26.4. The standard InChI is InChI=1S/C9H15O4P/c1-7-8(2)12-14(10,11-7)13-9-5-3-4-6-9/h9H,3-6H2,1-2H3. The zero-order valence-electron chi connectivity index (χ0n) is 8.49. The van der Waals surface area contributed by atoms with Crippen molar-refractivity contribution in [3.05, 3.63) is 11.5 Å². The predicted molar refractivity (Wildman–Crippen MR) is 51.5 cm³/mol. The van der Waals surface area contributed by atoms with Gasteiger partial charge in [-0.25, -0.2) is 4.57 Å². The highest BCUT2D eigenvalue weighted by Crippen LogP contribution is 2.59. The molecule has 0 radical (unpaired) electrons. The number of rotatable bonds is 2. The van der Waals surface area contributed by atoms with Crippen molar-refractivity contribution in [3.8, 4) is 0 Å². The van der Waals surface area contributed by atoms with Crippen LogP contribution in [0.25, 0.3) is 0 Å². The van der Waals surface area contributed by atoms with Gasteiger partial charge in [-0.15, -0.1) is 0 Å². The summed E-state index contributed by atoms with van der Waals surface area (Å²) in [5, 5.41) is 0. The van der Waals surface area contributed by atoms with Crippen molar-refractivity contribution in [2.45, 2.75) is 45.6 Å². The Bertz CT molecular complexity index is 286. The third-order valence-corrected chi connectivity index (χ3v) is 4.12. The van der Waals surface area contributed by atoms with Crippen molar-refractivity contribution in [2.75, 3.05) is 0 Å². The van der Waals surface area contributed by atoms with Gasteiger partial charge in [-0.3, -0.25) is 4.52 Å². The molecule has 0 bridgehead atoms. The fourth-order valence-electron chi connectivity index (χ4n) is 1.70. The Balaban J connectivity index is 1.96. The minimum absolute atomic E-state index is 0.0412. The molecule has 4 nitrogen and oxygen atoms in total. The maximum Gasteiger partial charge on any atom is 0.587 e. The largest absolute Gasteiger partial charge is 0.587 e. The molecule has 1 aliphatic heterocycles. The number of hydrogen-bond acceptors (Lipinski definition) is 4. The molecule has 0 unspecified atom stereocenters. The summed E-state index contributed by atoms with van der Waals surface area (Å²) in [7, 11) is -3.31. The first-order chi connectivity index (χ1) is 6.59. The summed E-state index contributed by atoms with van der Waals surface area (Å²) < 4.78 is 27.5. The molecule has 14 heavy (non-hydrogen) atoms. The molecule has 1 fully saturated rings. The summed E-state index contributed by atoms with van der Waals surface area (Å²) in [5.41, 5.74) is 0. The third-order valence-electron chi connectivity index (χ3n) is 2.57. The van der Waals surface area contributed by atoms with E-state index in [0.29, 0.717) is 11.5 Å². The van der Waals surface area contributed by atoms with E-state index in [2.05, 4.69) is 0 Å². The molecule has 80 valence electrons. The molecule has 1 aliphatic carbocycles. The van der Waals surface area contributed by atoms with Crippen LogP contribution in [0, 0.1) is 0 Å². The van der Waals surface area contributed by atoms with Crippen molar-refractivity contribution in [1.29, 1.82) is 0 Å². The fraction of sp³-hybridized carbons (Fsp3) is 0.778. The van der Waals surface area contributed by atoms with E-state index in [1.54, 1.807) is 13.8 Å². The van der Waals surface area contributed by atoms with Gasteiger partial charge in [0.25, 0.3) is 0 Å². The summed E-state index contributed by atoms with van der Waals surface area (Å²) in [6.45, 7) is 3.46. The molecule has 1 saturated carbocycles. The van der Waals surface area contributed by atoms with Crippen molar-refractivity contribution < 1.29 is 18.1 Å². The van der Waals surface area contributed by atoms with Crippen LogP contribution in [0.3, 0.4) is 0 Å². The Morgan fingerprint density at radius 1 is 1.21 bits per heavy atom. The molecule has 2 aliphatic rings. The van der Waals surface area contributed by atoms with Gasteiger partial charge in [-0.1, -0.05) is 12.8 Å². The van der Waals surface area contributed by atoms with Crippen LogP contribution in [0.2, 0.25) is 0 Å². The molecule has 0 amide bonds. The summed E-state index contributed by atoms with van der Waals surface area (Å²) in [4.78, 5) is 0. The molecule has 0 aromatic heterocycles. The highest BCUT2D eigenvalue weighted by molar-refractivity contribution is 7.49. The number of phosphoric acid groups is 1. The van der Waals surface area contributed by atoms with E-state index in [-0.39, 0.29) is 6.10 Å². The van der Waals surface area contributed by atoms with Gasteiger partial charge < -0.3 is 9.05 Å². The molecule has 1 heterocycles. The lowest BCUT2D eigenvalue weighted by molar-refractivity contribution is 0.135. The summed E-state index contributed by atoms with van der Waals surface area (Å²) in [6, 6.07) is 0. The van der Waals surface area contributed by atoms with Crippen LogP contribution in [-0.4, -0.2) is 6.10 Å². The summed E-state index contributed by atoms with van der Waals surface area (Å²) in [6.07, 6.45) is 4.22. The van der Waals surface area contributed by atoms with Gasteiger partial charge >= 0.3 is 7.82 Å². The van der Waals surface area contributed by atoms with Gasteiger partial charge in [0.2, 0.25) is 0 Å². The summed E-state index contributed by atoms with van der Waals surface area (Å²) in [5.74, 6) is 1.12. The van der Waals surface area contributed by atoms with Crippen molar-refractivity contribution in [1.82, 2.24) is 0 Å². The van der Waals surface area contributed by atoms with E-state index in [0.717, 1.165) is 25.7 Å². The second-order valence-electron chi connectivity index (χ2n) is 3.75. The maximum atomic E-state index is 11.9. The second kappa shape index (κ2) is 3.59. The van der Waals surface area contributed by atoms with E-state index in [1.807, 2.05) is 0 Å². The minimum atomic E-state index is -3.31. The van der Waals surface area contributed by atoms with Crippen LogP contribution in [0.5, 0.6) is 0 Å². The molecule has 5 heteroatoms. The van der Waals surface area contributed by atoms with Gasteiger partial charge in [-0.2, -0.15) is 0 Å². The Morgan fingerprint density at radius 2 is 1.71 bits per heavy atom. The number of allylic oxidation sites excluding steroid dienone is 2. The lowest BCUT2D eigenvalue weighted by atomic mass is 10.3. The van der Waals surface area contributed by atoms with Gasteiger partial charge in [0.1, 0.15) is 11.5 Å². The lowest BCUT2D eigenvalue weighted by Gasteiger charge is -2.15. The third kappa shape index (κ3) is 1.96. The van der Waals surface area contributed by atoms with Gasteiger partial charge in [0.05, 0.1) is 6.10 Å². The average Bonchev–Trinajstić information content (AvgIpc) is 2.62. The Morgan fingerprint density at radius 3 is 2.21 bits per heavy atom. The van der Waals surface area contributed by atoms with Crippen LogP contribution >= 0.6 is 7.82 Å². The molecule has 0 saturated heterocycles. The van der Waals surface area contributed by atoms with Gasteiger partial charge in [0, 0.05) is 0 Å². The van der Waals surface area contributed by atoms with Gasteiger partial charge in [-0.05, 0) is 26.7 Å². The quantitative estimate of drug-likeness (QED) is 0.666. The molecule has 2 rings (SSSR count). The molecular weight excluding hydrogens is 203 g/mol. The zero-order chi connectivity index (χ0) is 10.2. The molecule has 0 spiro atoms. The monoisotopic (exact) mass is 218 g/mol. The van der Waals surface area contributed by atoms with Crippen molar-refractivity contribution in [3.63, 3.8) is 0 Å². The average molecular weight is 218 g/mol.